The number of hydrogen-bond acceptors (Lipinski definition) is 3. The van der Waals surface area contributed by atoms with Gasteiger partial charge in [0, 0.05) is 17.4 Å². The molecule has 0 N–H and O–H groups in total. The van der Waals surface area contributed by atoms with Crippen LogP contribution in [0, 0.1) is 21.4 Å². The third-order valence-corrected chi connectivity index (χ3v) is 5.84. The lowest BCUT2D eigenvalue weighted by Crippen LogP contribution is -2.30. The Balaban J connectivity index is 1.68. The molecular formula is C22H29NO3. The van der Waals surface area contributed by atoms with Gasteiger partial charge in [-0.25, -0.2) is 0 Å². The summed E-state index contributed by atoms with van der Waals surface area (Å²) < 4.78 is 6.23. The highest BCUT2D eigenvalue weighted by atomic mass is 16.6. The van der Waals surface area contributed by atoms with E-state index in [1.807, 2.05) is 36.4 Å². The second-order valence-electron chi connectivity index (χ2n) is 8.69. The van der Waals surface area contributed by atoms with E-state index in [-0.39, 0.29) is 4.92 Å². The molecule has 4 heteroatoms. The highest BCUT2D eigenvalue weighted by Gasteiger charge is 2.30. The van der Waals surface area contributed by atoms with Gasteiger partial charge in [0.15, 0.2) is 0 Å². The number of nitro groups is 1. The molecule has 0 spiro atoms. The monoisotopic (exact) mass is 355 g/mol. The molecule has 0 saturated heterocycles. The number of rotatable bonds is 4. The molecule has 140 valence electrons. The van der Waals surface area contributed by atoms with E-state index in [0.717, 1.165) is 40.8 Å². The molecule has 1 saturated carbocycles. The van der Waals surface area contributed by atoms with E-state index in [1.165, 1.54) is 12.8 Å². The molecule has 0 aliphatic heterocycles. The Morgan fingerprint density at radius 2 is 1.65 bits per heavy atom. The molecule has 1 unspecified atom stereocenters. The highest BCUT2D eigenvalue weighted by molar-refractivity contribution is 5.84. The number of hydrogen-bond donors (Lipinski definition) is 0. The first-order valence-corrected chi connectivity index (χ1v) is 9.58. The van der Waals surface area contributed by atoms with Crippen molar-refractivity contribution in [2.45, 2.75) is 65.5 Å². The van der Waals surface area contributed by atoms with E-state index in [1.54, 1.807) is 6.92 Å². The van der Waals surface area contributed by atoms with Crippen LogP contribution in [0.3, 0.4) is 0 Å². The van der Waals surface area contributed by atoms with Gasteiger partial charge in [0.1, 0.15) is 5.75 Å². The summed E-state index contributed by atoms with van der Waals surface area (Å²) in [6.07, 6.45) is 4.96. The van der Waals surface area contributed by atoms with Gasteiger partial charge >= 0.3 is 0 Å². The normalized spacial score (nSPS) is 22.2. The van der Waals surface area contributed by atoms with E-state index in [0.29, 0.717) is 11.5 Å². The van der Waals surface area contributed by atoms with Crippen molar-refractivity contribution in [2.24, 2.45) is 11.3 Å². The van der Waals surface area contributed by atoms with Crippen molar-refractivity contribution in [3.05, 3.63) is 52.1 Å². The number of benzene rings is 2. The summed E-state index contributed by atoms with van der Waals surface area (Å²) in [6, 6.07) is 11.0. The standard InChI is InChI=1S/C22H29NO3/c1-15(23(24)25)16-5-6-18-14-21(10-7-17(18)13-16)26-20-11-8-19(9-12-20)22(2,3)4/h5-7,10,13-15,19-20H,8-9,11-12H2,1-4H3. The van der Waals surface area contributed by atoms with Crippen LogP contribution < -0.4 is 4.74 Å². The SMILES string of the molecule is CC(c1ccc2cc(OC3CCC(C(C)(C)C)CC3)ccc2c1)[N+](=O)[O-]. The Kier molecular flexibility index (Phi) is 5.22. The van der Waals surface area contributed by atoms with Crippen LogP contribution in [0.15, 0.2) is 36.4 Å². The first-order chi connectivity index (χ1) is 12.2. The highest BCUT2D eigenvalue weighted by Crippen LogP contribution is 2.39. The van der Waals surface area contributed by atoms with Crippen LogP contribution >= 0.6 is 0 Å². The van der Waals surface area contributed by atoms with Crippen LogP contribution in [0.5, 0.6) is 5.75 Å². The maximum atomic E-state index is 11.0. The average Bonchev–Trinajstić information content (AvgIpc) is 2.60. The molecule has 1 atom stereocenters. The minimum atomic E-state index is -0.687. The topological polar surface area (TPSA) is 52.4 Å². The Bertz CT molecular complexity index is 786. The summed E-state index contributed by atoms with van der Waals surface area (Å²) in [6.45, 7) is 8.61. The summed E-state index contributed by atoms with van der Waals surface area (Å²) in [5.74, 6) is 1.67. The van der Waals surface area contributed by atoms with Crippen molar-refractivity contribution in [1.29, 1.82) is 0 Å². The molecule has 2 aromatic rings. The third kappa shape index (κ3) is 4.17. The quantitative estimate of drug-likeness (QED) is 0.487. The summed E-state index contributed by atoms with van der Waals surface area (Å²) >= 11 is 0. The van der Waals surface area contributed by atoms with Crippen LogP contribution in [-0.4, -0.2) is 11.0 Å². The van der Waals surface area contributed by atoms with Crippen LogP contribution in [-0.2, 0) is 0 Å². The van der Waals surface area contributed by atoms with Crippen molar-refractivity contribution < 1.29 is 9.66 Å². The van der Waals surface area contributed by atoms with E-state index < -0.39 is 6.04 Å². The smallest absolute Gasteiger partial charge is 0.235 e. The van der Waals surface area contributed by atoms with Crippen LogP contribution in [0.1, 0.15) is 65.0 Å². The Morgan fingerprint density at radius 3 is 2.27 bits per heavy atom. The number of nitrogens with zero attached hydrogens (tertiary/aromatic N) is 1. The molecular weight excluding hydrogens is 326 g/mol. The van der Waals surface area contributed by atoms with Crippen LogP contribution in [0.2, 0.25) is 0 Å². The number of fused-ring (bicyclic) bond motifs is 1. The molecule has 1 fully saturated rings. The van der Waals surface area contributed by atoms with Crippen molar-refractivity contribution in [3.63, 3.8) is 0 Å². The van der Waals surface area contributed by atoms with Gasteiger partial charge in [-0.3, -0.25) is 10.1 Å². The van der Waals surface area contributed by atoms with E-state index in [2.05, 4.69) is 20.8 Å². The van der Waals surface area contributed by atoms with E-state index in [9.17, 15) is 10.1 Å². The van der Waals surface area contributed by atoms with Gasteiger partial charge in [0.2, 0.25) is 6.04 Å². The minimum absolute atomic E-state index is 0.257. The molecule has 4 nitrogen and oxygen atoms in total. The van der Waals surface area contributed by atoms with Gasteiger partial charge < -0.3 is 4.74 Å². The zero-order valence-electron chi connectivity index (χ0n) is 16.2. The lowest BCUT2D eigenvalue weighted by atomic mass is 9.72. The maximum Gasteiger partial charge on any atom is 0.235 e. The minimum Gasteiger partial charge on any atom is -0.490 e. The molecule has 0 heterocycles. The first-order valence-electron chi connectivity index (χ1n) is 9.58. The van der Waals surface area contributed by atoms with Crippen molar-refractivity contribution in [2.75, 3.05) is 0 Å². The Morgan fingerprint density at radius 1 is 1.04 bits per heavy atom. The summed E-state index contributed by atoms with van der Waals surface area (Å²) in [4.78, 5) is 10.7. The van der Waals surface area contributed by atoms with Gasteiger partial charge in [-0.2, -0.15) is 0 Å². The van der Waals surface area contributed by atoms with Gasteiger partial charge in [0.25, 0.3) is 0 Å². The second kappa shape index (κ2) is 7.26. The fraction of sp³-hybridized carbons (Fsp3) is 0.545. The molecule has 0 radical (unpaired) electrons. The van der Waals surface area contributed by atoms with Crippen molar-refractivity contribution >= 4 is 10.8 Å². The van der Waals surface area contributed by atoms with Gasteiger partial charge in [-0.05, 0) is 66.0 Å². The molecule has 1 aliphatic rings. The van der Waals surface area contributed by atoms with Crippen molar-refractivity contribution in [3.8, 4) is 5.75 Å². The maximum absolute atomic E-state index is 11.0. The van der Waals surface area contributed by atoms with E-state index >= 15 is 0 Å². The Hall–Kier alpha value is -2.10. The van der Waals surface area contributed by atoms with Crippen LogP contribution in [0.25, 0.3) is 10.8 Å². The molecule has 0 amide bonds. The summed E-state index contributed by atoms with van der Waals surface area (Å²) in [5.41, 5.74) is 1.11. The van der Waals surface area contributed by atoms with Gasteiger partial charge in [-0.15, -0.1) is 0 Å². The molecule has 0 bridgehead atoms. The second-order valence-corrected chi connectivity index (χ2v) is 8.69. The molecule has 2 aromatic carbocycles. The van der Waals surface area contributed by atoms with Crippen molar-refractivity contribution in [1.82, 2.24) is 0 Å². The fourth-order valence-corrected chi connectivity index (χ4v) is 3.94. The van der Waals surface area contributed by atoms with Crippen LogP contribution in [0.4, 0.5) is 0 Å². The van der Waals surface area contributed by atoms with Gasteiger partial charge in [0.05, 0.1) is 6.10 Å². The fourth-order valence-electron chi connectivity index (χ4n) is 3.94. The average molecular weight is 355 g/mol. The molecule has 26 heavy (non-hydrogen) atoms. The first kappa shape index (κ1) is 18.7. The largest absolute Gasteiger partial charge is 0.490 e. The molecule has 0 aromatic heterocycles. The predicted molar refractivity (Wildman–Crippen MR) is 105 cm³/mol. The Labute approximate surface area is 155 Å². The summed E-state index contributed by atoms with van der Waals surface area (Å²) in [7, 11) is 0. The lowest BCUT2D eigenvalue weighted by Gasteiger charge is -2.37. The predicted octanol–water partition coefficient (Wildman–Crippen LogP) is 6.16. The molecule has 1 aliphatic carbocycles. The zero-order valence-corrected chi connectivity index (χ0v) is 16.2. The number of ether oxygens (including phenoxy) is 1. The summed E-state index contributed by atoms with van der Waals surface area (Å²) in [5, 5.41) is 13.1. The molecule has 3 rings (SSSR count). The zero-order chi connectivity index (χ0) is 18.9. The lowest BCUT2D eigenvalue weighted by molar-refractivity contribution is -0.524. The van der Waals surface area contributed by atoms with Gasteiger partial charge in [-0.1, -0.05) is 39.0 Å². The third-order valence-electron chi connectivity index (χ3n) is 5.84. The van der Waals surface area contributed by atoms with E-state index in [4.69, 9.17) is 4.74 Å².